The number of anilines is 1. The number of halogens is 1. The predicted molar refractivity (Wildman–Crippen MR) is 130 cm³/mol. The molecule has 8 heteroatoms. The summed E-state index contributed by atoms with van der Waals surface area (Å²) in [7, 11) is 0. The van der Waals surface area contributed by atoms with E-state index in [9.17, 15) is 4.79 Å². The average Bonchev–Trinajstić information content (AvgIpc) is 3.27. The molecule has 7 nitrogen and oxygen atoms in total. The van der Waals surface area contributed by atoms with Crippen molar-refractivity contribution in [1.82, 2.24) is 20.4 Å². The average molecular weight is 468 g/mol. The summed E-state index contributed by atoms with van der Waals surface area (Å²) in [6, 6.07) is 16.6. The molecule has 4 rings (SSSR count). The number of aromatic nitrogens is 2. The van der Waals surface area contributed by atoms with Crippen LogP contribution in [0.5, 0.6) is 0 Å². The maximum Gasteiger partial charge on any atom is 0.308 e. The van der Waals surface area contributed by atoms with Crippen LogP contribution in [0.2, 0.25) is 5.02 Å². The Kier molecular flexibility index (Phi) is 7.62. The van der Waals surface area contributed by atoms with Gasteiger partial charge in [0.05, 0.1) is 6.42 Å². The van der Waals surface area contributed by atoms with Crippen molar-refractivity contribution in [1.29, 1.82) is 0 Å². The zero-order valence-electron chi connectivity index (χ0n) is 19.1. The quantitative estimate of drug-likeness (QED) is 0.505. The predicted octanol–water partition coefficient (Wildman–Crippen LogP) is 3.95. The van der Waals surface area contributed by atoms with E-state index in [2.05, 4.69) is 63.4 Å². The molecule has 1 aromatic heterocycles. The number of aryl methyl sites for hydroxylation is 1. The van der Waals surface area contributed by atoms with Crippen LogP contribution >= 0.6 is 11.6 Å². The fourth-order valence-corrected chi connectivity index (χ4v) is 4.43. The normalized spacial score (nSPS) is 16.7. The third-order valence-corrected chi connectivity index (χ3v) is 6.31. The van der Waals surface area contributed by atoms with Crippen molar-refractivity contribution in [3.05, 3.63) is 76.5 Å². The van der Waals surface area contributed by atoms with E-state index in [1.165, 1.54) is 11.3 Å². The summed E-state index contributed by atoms with van der Waals surface area (Å²) in [5.41, 5.74) is 3.46. The number of hydrogen-bond acceptors (Lipinski definition) is 6. The molecule has 0 saturated carbocycles. The molecule has 0 spiro atoms. The van der Waals surface area contributed by atoms with Crippen LogP contribution in [0.25, 0.3) is 0 Å². The topological polar surface area (TPSA) is 74.5 Å². The summed E-state index contributed by atoms with van der Waals surface area (Å²) in [6.07, 6.45) is 1.26. The Bertz CT molecular complexity index is 1090. The van der Waals surface area contributed by atoms with Crippen LogP contribution in [-0.4, -0.2) is 59.8 Å². The van der Waals surface area contributed by atoms with Crippen LogP contribution in [0.15, 0.2) is 52.9 Å². The summed E-state index contributed by atoms with van der Waals surface area (Å²) in [4.78, 5) is 17.3. The number of piperazine rings is 1. The van der Waals surface area contributed by atoms with Gasteiger partial charge in [0.2, 0.25) is 5.89 Å². The molecule has 1 saturated heterocycles. The first kappa shape index (κ1) is 23.3. The summed E-state index contributed by atoms with van der Waals surface area (Å²) in [6.45, 7) is 8.94. The molecular formula is C25H30ClN5O2. The molecule has 1 fully saturated rings. The molecule has 1 N–H and O–H groups in total. The molecule has 0 bridgehead atoms. The third-order valence-electron chi connectivity index (χ3n) is 5.94. The monoisotopic (exact) mass is 467 g/mol. The Balaban J connectivity index is 1.19. The highest BCUT2D eigenvalue weighted by Crippen LogP contribution is 2.22. The van der Waals surface area contributed by atoms with Gasteiger partial charge in [-0.15, -0.1) is 10.2 Å². The number of rotatable bonds is 8. The first-order chi connectivity index (χ1) is 16.0. The van der Waals surface area contributed by atoms with Crippen LogP contribution in [0.4, 0.5) is 5.69 Å². The number of hydrogen-bond donors (Lipinski definition) is 1. The van der Waals surface area contributed by atoms with Crippen molar-refractivity contribution in [3.8, 4) is 0 Å². The second-order valence-electron chi connectivity index (χ2n) is 8.56. The van der Waals surface area contributed by atoms with Gasteiger partial charge in [0, 0.05) is 42.9 Å². The van der Waals surface area contributed by atoms with Crippen LogP contribution in [0.1, 0.15) is 41.0 Å². The van der Waals surface area contributed by atoms with Crippen LogP contribution in [-0.2, 0) is 6.42 Å². The van der Waals surface area contributed by atoms with Crippen molar-refractivity contribution in [2.45, 2.75) is 32.7 Å². The highest BCUT2D eigenvalue weighted by atomic mass is 35.5. The van der Waals surface area contributed by atoms with Gasteiger partial charge in [-0.05, 0) is 56.1 Å². The van der Waals surface area contributed by atoms with E-state index in [4.69, 9.17) is 16.0 Å². The highest BCUT2D eigenvalue weighted by molar-refractivity contribution is 6.31. The molecule has 1 aliphatic heterocycles. The fourth-order valence-electron chi connectivity index (χ4n) is 4.23. The minimum absolute atomic E-state index is 0.0163. The maximum atomic E-state index is 12.4. The largest absolute Gasteiger partial charge is 0.417 e. The van der Waals surface area contributed by atoms with E-state index < -0.39 is 0 Å². The Morgan fingerprint density at radius 2 is 2.03 bits per heavy atom. The zero-order chi connectivity index (χ0) is 23.2. The van der Waals surface area contributed by atoms with E-state index in [0.717, 1.165) is 38.2 Å². The molecular weight excluding hydrogens is 438 g/mol. The summed E-state index contributed by atoms with van der Waals surface area (Å²) >= 11 is 6.17. The van der Waals surface area contributed by atoms with E-state index in [1.54, 1.807) is 0 Å². The third kappa shape index (κ3) is 6.12. The van der Waals surface area contributed by atoms with Crippen molar-refractivity contribution in [3.63, 3.8) is 0 Å². The smallest absolute Gasteiger partial charge is 0.308 e. The number of carbonyl (C=O) groups excluding carboxylic acids is 1. The van der Waals surface area contributed by atoms with Gasteiger partial charge < -0.3 is 14.6 Å². The molecule has 0 unspecified atom stereocenters. The lowest BCUT2D eigenvalue weighted by Crippen LogP contribution is -2.52. The van der Waals surface area contributed by atoms with Crippen LogP contribution in [0, 0.1) is 6.92 Å². The van der Waals surface area contributed by atoms with Crippen LogP contribution < -0.4 is 10.2 Å². The van der Waals surface area contributed by atoms with Crippen molar-refractivity contribution < 1.29 is 9.21 Å². The summed E-state index contributed by atoms with van der Waals surface area (Å²) in [5.74, 6) is 0.0108. The highest BCUT2D eigenvalue weighted by Gasteiger charge is 2.23. The lowest BCUT2D eigenvalue weighted by Gasteiger charge is -2.41. The summed E-state index contributed by atoms with van der Waals surface area (Å²) in [5, 5.41) is 11.4. The van der Waals surface area contributed by atoms with E-state index in [1.807, 2.05) is 24.3 Å². The molecule has 33 heavy (non-hydrogen) atoms. The molecule has 0 aliphatic carbocycles. The number of amides is 1. The first-order valence-corrected chi connectivity index (χ1v) is 11.8. The molecule has 2 aromatic carbocycles. The van der Waals surface area contributed by atoms with Gasteiger partial charge in [0.15, 0.2) is 0 Å². The molecule has 174 valence electrons. The lowest BCUT2D eigenvalue weighted by atomic mass is 10.1. The minimum Gasteiger partial charge on any atom is -0.417 e. The van der Waals surface area contributed by atoms with Gasteiger partial charge in [0.1, 0.15) is 0 Å². The van der Waals surface area contributed by atoms with Crippen molar-refractivity contribution in [2.75, 3.05) is 37.6 Å². The van der Waals surface area contributed by atoms with E-state index in [0.29, 0.717) is 29.9 Å². The second-order valence-corrected chi connectivity index (χ2v) is 8.97. The Labute approximate surface area is 199 Å². The van der Waals surface area contributed by atoms with Gasteiger partial charge in [-0.25, -0.2) is 0 Å². The van der Waals surface area contributed by atoms with E-state index in [-0.39, 0.29) is 11.8 Å². The number of benzene rings is 2. The molecule has 0 radical (unpaired) electrons. The zero-order valence-corrected chi connectivity index (χ0v) is 19.9. The lowest BCUT2D eigenvalue weighted by molar-refractivity contribution is 0.0914. The SMILES string of the molecule is Cc1cccc(N2CCN(CCCNC(=O)c3nnc(Cc4ccccc4Cl)o3)C[C@H]2C)c1. The molecule has 1 aliphatic rings. The summed E-state index contributed by atoms with van der Waals surface area (Å²) < 4.78 is 5.52. The van der Waals surface area contributed by atoms with Crippen LogP contribution in [0.3, 0.4) is 0 Å². The fraction of sp³-hybridized carbons (Fsp3) is 0.400. The van der Waals surface area contributed by atoms with Gasteiger partial charge in [-0.1, -0.05) is 41.9 Å². The number of nitrogens with zero attached hydrogens (tertiary/aromatic N) is 4. The minimum atomic E-state index is -0.342. The second kappa shape index (κ2) is 10.8. The maximum absolute atomic E-state index is 12.4. The Hall–Kier alpha value is -2.90. The first-order valence-electron chi connectivity index (χ1n) is 11.4. The number of carbonyl (C=O) groups is 1. The molecule has 2 heterocycles. The number of nitrogens with one attached hydrogen (secondary N) is 1. The molecule has 3 aromatic rings. The Morgan fingerprint density at radius 1 is 1.18 bits per heavy atom. The van der Waals surface area contributed by atoms with Gasteiger partial charge >= 0.3 is 11.8 Å². The molecule has 1 amide bonds. The van der Waals surface area contributed by atoms with E-state index >= 15 is 0 Å². The van der Waals surface area contributed by atoms with Gasteiger partial charge in [0.25, 0.3) is 0 Å². The molecule has 1 atom stereocenters. The Morgan fingerprint density at radius 3 is 2.82 bits per heavy atom. The van der Waals surface area contributed by atoms with Crippen molar-refractivity contribution in [2.24, 2.45) is 0 Å². The van der Waals surface area contributed by atoms with Crippen molar-refractivity contribution >= 4 is 23.2 Å². The van der Waals surface area contributed by atoms with Gasteiger partial charge in [-0.2, -0.15) is 0 Å². The standard InChI is InChI=1S/C25H30ClN5O2/c1-18-7-5-9-21(15-18)31-14-13-30(17-19(31)2)12-6-11-27-24(32)25-29-28-23(33-25)16-20-8-3-4-10-22(20)26/h3-5,7-10,15,19H,6,11-14,16-17H2,1-2H3,(H,27,32)/t19-/m1/s1. The van der Waals surface area contributed by atoms with Gasteiger partial charge in [-0.3, -0.25) is 9.69 Å².